The van der Waals surface area contributed by atoms with E-state index in [0.29, 0.717) is 12.1 Å². The molecule has 21 heavy (non-hydrogen) atoms. The van der Waals surface area contributed by atoms with Gasteiger partial charge in [0.2, 0.25) is 0 Å². The topological polar surface area (TPSA) is 39.7 Å². The molecular weight excluding hydrogens is 260 g/mol. The molecule has 2 saturated carbocycles. The molecule has 3 aliphatic rings. The maximum Gasteiger partial charge on any atom is 0.191 e. The van der Waals surface area contributed by atoms with Crippen molar-refractivity contribution in [1.82, 2.24) is 15.5 Å². The summed E-state index contributed by atoms with van der Waals surface area (Å²) >= 11 is 0. The second-order valence-electron chi connectivity index (χ2n) is 7.04. The smallest absolute Gasteiger partial charge is 0.191 e. The number of hydrogen-bond acceptors (Lipinski definition) is 2. The van der Waals surface area contributed by atoms with Gasteiger partial charge in [0.05, 0.1) is 0 Å². The van der Waals surface area contributed by atoms with Crippen LogP contribution in [0.15, 0.2) is 4.99 Å². The van der Waals surface area contributed by atoms with E-state index in [-0.39, 0.29) is 0 Å². The summed E-state index contributed by atoms with van der Waals surface area (Å²) in [5, 5.41) is 7.33. The number of nitrogens with one attached hydrogen (secondary N) is 2. The van der Waals surface area contributed by atoms with Gasteiger partial charge in [-0.15, -0.1) is 0 Å². The molecule has 4 nitrogen and oxygen atoms in total. The third kappa shape index (κ3) is 4.35. The number of piperidine rings is 1. The van der Waals surface area contributed by atoms with Gasteiger partial charge in [-0.25, -0.2) is 0 Å². The molecule has 3 fully saturated rings. The monoisotopic (exact) mass is 292 g/mol. The highest BCUT2D eigenvalue weighted by molar-refractivity contribution is 5.80. The first-order valence-corrected chi connectivity index (χ1v) is 9.11. The van der Waals surface area contributed by atoms with Crippen molar-refractivity contribution in [2.24, 2.45) is 10.9 Å². The van der Waals surface area contributed by atoms with Crippen molar-refractivity contribution in [3.8, 4) is 0 Å². The predicted octanol–water partition coefficient (Wildman–Crippen LogP) is 2.36. The fourth-order valence-electron chi connectivity index (χ4n) is 3.62. The molecule has 0 radical (unpaired) electrons. The Morgan fingerprint density at radius 1 is 1.10 bits per heavy atom. The summed E-state index contributed by atoms with van der Waals surface area (Å²) in [5.74, 6) is 1.95. The zero-order valence-corrected chi connectivity index (χ0v) is 13.8. The molecule has 2 unspecified atom stereocenters. The van der Waals surface area contributed by atoms with E-state index in [1.165, 1.54) is 58.0 Å². The Kier molecular flexibility index (Phi) is 5.04. The lowest BCUT2D eigenvalue weighted by molar-refractivity contribution is 0.197. The van der Waals surface area contributed by atoms with Gasteiger partial charge in [-0.1, -0.05) is 13.3 Å². The molecular formula is C17H32N4. The number of hydrogen-bond donors (Lipinski definition) is 2. The van der Waals surface area contributed by atoms with Gasteiger partial charge in [0, 0.05) is 37.8 Å². The number of guanidine groups is 1. The van der Waals surface area contributed by atoms with Gasteiger partial charge in [0.1, 0.15) is 0 Å². The average molecular weight is 292 g/mol. The SMILES string of the molecule is CCCC1CC1NC(=NCC)NC1CCN(C2CC2)CC1. The van der Waals surface area contributed by atoms with E-state index in [4.69, 9.17) is 0 Å². The maximum absolute atomic E-state index is 4.64. The van der Waals surface area contributed by atoms with Crippen LogP contribution in [0.25, 0.3) is 0 Å². The molecule has 2 N–H and O–H groups in total. The summed E-state index contributed by atoms with van der Waals surface area (Å²) in [6, 6.07) is 2.21. The zero-order valence-electron chi connectivity index (χ0n) is 13.8. The van der Waals surface area contributed by atoms with Crippen molar-refractivity contribution < 1.29 is 0 Å². The standard InChI is InChI=1S/C17H32N4/c1-3-5-13-12-16(13)20-17(18-4-2)19-14-8-10-21(11-9-14)15-6-7-15/h13-16H,3-12H2,1-2H3,(H2,18,19,20). The minimum Gasteiger partial charge on any atom is -0.354 e. The van der Waals surface area contributed by atoms with Crippen LogP contribution in [0.5, 0.6) is 0 Å². The Bertz CT molecular complexity index is 356. The van der Waals surface area contributed by atoms with Crippen molar-refractivity contribution in [2.45, 2.75) is 76.9 Å². The molecule has 0 bridgehead atoms. The lowest BCUT2D eigenvalue weighted by Crippen LogP contribution is -2.49. The lowest BCUT2D eigenvalue weighted by atomic mass is 10.1. The van der Waals surface area contributed by atoms with E-state index in [0.717, 1.165) is 24.5 Å². The molecule has 4 heteroatoms. The van der Waals surface area contributed by atoms with Crippen molar-refractivity contribution in [1.29, 1.82) is 0 Å². The molecule has 1 heterocycles. The number of nitrogens with zero attached hydrogens (tertiary/aromatic N) is 2. The largest absolute Gasteiger partial charge is 0.354 e. The molecule has 2 atom stereocenters. The Labute approximate surface area is 129 Å². The predicted molar refractivity (Wildman–Crippen MR) is 88.7 cm³/mol. The van der Waals surface area contributed by atoms with E-state index in [1.54, 1.807) is 0 Å². The molecule has 0 aromatic carbocycles. The number of aliphatic imine (C=N–C) groups is 1. The van der Waals surface area contributed by atoms with Crippen LogP contribution >= 0.6 is 0 Å². The second kappa shape index (κ2) is 6.99. The van der Waals surface area contributed by atoms with E-state index in [9.17, 15) is 0 Å². The molecule has 1 saturated heterocycles. The minimum absolute atomic E-state index is 0.612. The van der Waals surface area contributed by atoms with Crippen LogP contribution in [0.4, 0.5) is 0 Å². The summed E-state index contributed by atoms with van der Waals surface area (Å²) in [6.07, 6.45) is 9.39. The Balaban J connectivity index is 1.41. The average Bonchev–Trinajstić information content (AvgIpc) is 3.37. The molecule has 3 rings (SSSR count). The van der Waals surface area contributed by atoms with Crippen LogP contribution in [0.2, 0.25) is 0 Å². The first-order chi connectivity index (χ1) is 10.3. The summed E-state index contributed by atoms with van der Waals surface area (Å²) < 4.78 is 0. The summed E-state index contributed by atoms with van der Waals surface area (Å²) in [6.45, 7) is 7.80. The van der Waals surface area contributed by atoms with Crippen molar-refractivity contribution >= 4 is 5.96 Å². The third-order valence-corrected chi connectivity index (χ3v) is 5.15. The summed E-state index contributed by atoms with van der Waals surface area (Å²) in [5.41, 5.74) is 0. The minimum atomic E-state index is 0.612. The highest BCUT2D eigenvalue weighted by Gasteiger charge is 2.37. The molecule has 0 spiro atoms. The number of likely N-dealkylation sites (tertiary alicyclic amines) is 1. The molecule has 0 aromatic heterocycles. The first kappa shape index (κ1) is 15.1. The van der Waals surface area contributed by atoms with Gasteiger partial charge in [-0.2, -0.15) is 0 Å². The lowest BCUT2D eigenvalue weighted by Gasteiger charge is -2.33. The van der Waals surface area contributed by atoms with Crippen LogP contribution in [0.3, 0.4) is 0 Å². The fourth-order valence-corrected chi connectivity index (χ4v) is 3.62. The van der Waals surface area contributed by atoms with Crippen LogP contribution in [-0.4, -0.2) is 48.6 Å². The second-order valence-corrected chi connectivity index (χ2v) is 7.04. The van der Waals surface area contributed by atoms with Crippen LogP contribution in [-0.2, 0) is 0 Å². The molecule has 0 amide bonds. The highest BCUT2D eigenvalue weighted by Crippen LogP contribution is 2.34. The van der Waals surface area contributed by atoms with Crippen LogP contribution < -0.4 is 10.6 Å². The normalized spacial score (nSPS) is 31.2. The third-order valence-electron chi connectivity index (χ3n) is 5.15. The van der Waals surface area contributed by atoms with E-state index < -0.39 is 0 Å². The maximum atomic E-state index is 4.64. The Morgan fingerprint density at radius 2 is 1.86 bits per heavy atom. The van der Waals surface area contributed by atoms with Gasteiger partial charge in [-0.3, -0.25) is 4.99 Å². The number of rotatable bonds is 6. The highest BCUT2D eigenvalue weighted by atomic mass is 15.2. The van der Waals surface area contributed by atoms with Gasteiger partial charge in [-0.05, 0) is 51.4 Å². The zero-order chi connectivity index (χ0) is 14.7. The van der Waals surface area contributed by atoms with Crippen molar-refractivity contribution in [3.05, 3.63) is 0 Å². The fraction of sp³-hybridized carbons (Fsp3) is 0.941. The molecule has 1 aliphatic heterocycles. The van der Waals surface area contributed by atoms with Crippen LogP contribution in [0.1, 0.15) is 58.8 Å². The Morgan fingerprint density at radius 3 is 2.48 bits per heavy atom. The summed E-state index contributed by atoms with van der Waals surface area (Å²) in [7, 11) is 0. The van der Waals surface area contributed by atoms with Gasteiger partial charge in [0.15, 0.2) is 5.96 Å². The van der Waals surface area contributed by atoms with Gasteiger partial charge in [0.25, 0.3) is 0 Å². The van der Waals surface area contributed by atoms with Crippen molar-refractivity contribution in [2.75, 3.05) is 19.6 Å². The molecule has 0 aromatic rings. The quantitative estimate of drug-likeness (QED) is 0.583. The Hall–Kier alpha value is -0.770. The van der Waals surface area contributed by atoms with E-state index in [1.807, 2.05) is 0 Å². The summed E-state index contributed by atoms with van der Waals surface area (Å²) in [4.78, 5) is 7.32. The van der Waals surface area contributed by atoms with E-state index in [2.05, 4.69) is 34.4 Å². The molecule has 120 valence electrons. The molecule has 2 aliphatic carbocycles. The van der Waals surface area contributed by atoms with Gasteiger partial charge >= 0.3 is 0 Å². The van der Waals surface area contributed by atoms with Crippen LogP contribution in [0, 0.1) is 5.92 Å². The van der Waals surface area contributed by atoms with Gasteiger partial charge < -0.3 is 15.5 Å². The first-order valence-electron chi connectivity index (χ1n) is 9.11. The van der Waals surface area contributed by atoms with Crippen molar-refractivity contribution in [3.63, 3.8) is 0 Å². The van der Waals surface area contributed by atoms with E-state index >= 15 is 0 Å².